The van der Waals surface area contributed by atoms with Gasteiger partial charge in [-0.1, -0.05) is 36.8 Å². The number of anilines is 1. The molecule has 0 saturated carbocycles. The van der Waals surface area contributed by atoms with Crippen molar-refractivity contribution in [2.45, 2.75) is 26.3 Å². The number of benzene rings is 2. The highest BCUT2D eigenvalue weighted by molar-refractivity contribution is 7.16. The number of aromatic nitrogens is 1. The molecule has 3 aromatic rings. The lowest BCUT2D eigenvalue weighted by molar-refractivity contribution is -0.116. The Morgan fingerprint density at radius 3 is 2.63 bits per heavy atom. The highest BCUT2D eigenvalue weighted by Gasteiger charge is 2.10. The van der Waals surface area contributed by atoms with Crippen LogP contribution in [0.2, 0.25) is 0 Å². The molecule has 0 radical (unpaired) electrons. The van der Waals surface area contributed by atoms with Gasteiger partial charge in [-0.05, 0) is 42.8 Å². The Labute approximate surface area is 169 Å². The van der Waals surface area contributed by atoms with Crippen LogP contribution in [0.15, 0.2) is 53.5 Å². The lowest BCUT2D eigenvalue weighted by Crippen LogP contribution is -2.25. The van der Waals surface area contributed by atoms with Crippen molar-refractivity contribution in [2.75, 3.05) is 19.0 Å². The minimum absolute atomic E-state index is 0. The standard InChI is InChI=1S/C20H23N3O2S.ClH/c1-3-4-13-21-20-23(17-7-5-6-8-18(17)26-20)14-19(24)22-15-9-11-16(25-2)12-10-15;/h5-12H,3-4,13-14H2,1-2H3,(H,22,24);1H. The number of fused-ring (bicyclic) bond motifs is 1. The third-order valence-corrected chi connectivity index (χ3v) is 5.12. The molecule has 1 aromatic heterocycles. The number of rotatable bonds is 7. The molecule has 7 heteroatoms. The minimum atomic E-state index is -0.0735. The fraction of sp³-hybridized carbons (Fsp3) is 0.300. The molecule has 2 aromatic carbocycles. The summed E-state index contributed by atoms with van der Waals surface area (Å²) in [6, 6.07) is 15.4. The maximum Gasteiger partial charge on any atom is 0.244 e. The van der Waals surface area contributed by atoms with E-state index in [-0.39, 0.29) is 24.9 Å². The summed E-state index contributed by atoms with van der Waals surface area (Å²) < 4.78 is 8.28. The van der Waals surface area contributed by atoms with Gasteiger partial charge in [0.25, 0.3) is 0 Å². The number of halogens is 1. The van der Waals surface area contributed by atoms with Crippen LogP contribution in [0.3, 0.4) is 0 Å². The average molecular weight is 406 g/mol. The van der Waals surface area contributed by atoms with E-state index in [1.54, 1.807) is 18.4 Å². The number of methoxy groups -OCH3 is 1. The van der Waals surface area contributed by atoms with Crippen molar-refractivity contribution in [2.24, 2.45) is 4.99 Å². The van der Waals surface area contributed by atoms with Crippen molar-refractivity contribution in [3.63, 3.8) is 0 Å². The van der Waals surface area contributed by atoms with Gasteiger partial charge in [0.05, 0.1) is 17.3 Å². The third kappa shape index (κ3) is 5.34. The van der Waals surface area contributed by atoms with Crippen LogP contribution in [0, 0.1) is 0 Å². The number of thiazole rings is 1. The Kier molecular flexibility index (Phi) is 7.88. The Morgan fingerprint density at radius 1 is 1.19 bits per heavy atom. The molecule has 0 aliphatic rings. The van der Waals surface area contributed by atoms with Crippen LogP contribution in [0.5, 0.6) is 5.75 Å². The molecule has 0 aliphatic heterocycles. The van der Waals surface area contributed by atoms with Crippen molar-refractivity contribution in [3.8, 4) is 5.75 Å². The molecule has 0 spiro atoms. The molecule has 3 rings (SSSR count). The maximum atomic E-state index is 12.6. The van der Waals surface area contributed by atoms with E-state index < -0.39 is 0 Å². The summed E-state index contributed by atoms with van der Waals surface area (Å²) in [5, 5.41) is 2.94. The van der Waals surface area contributed by atoms with Gasteiger partial charge in [0.2, 0.25) is 5.91 Å². The van der Waals surface area contributed by atoms with E-state index in [2.05, 4.69) is 18.3 Å². The monoisotopic (exact) mass is 405 g/mol. The Hall–Kier alpha value is -2.31. The summed E-state index contributed by atoms with van der Waals surface area (Å²) in [6.45, 7) is 3.17. The fourth-order valence-electron chi connectivity index (χ4n) is 2.64. The number of para-hydroxylation sites is 1. The highest BCUT2D eigenvalue weighted by atomic mass is 35.5. The third-order valence-electron chi connectivity index (χ3n) is 4.02. The van der Waals surface area contributed by atoms with Crippen molar-refractivity contribution in [1.82, 2.24) is 4.57 Å². The predicted molar refractivity (Wildman–Crippen MR) is 114 cm³/mol. The van der Waals surface area contributed by atoms with Crippen LogP contribution in [0.4, 0.5) is 5.69 Å². The first-order chi connectivity index (χ1) is 12.7. The first-order valence-electron chi connectivity index (χ1n) is 8.74. The van der Waals surface area contributed by atoms with E-state index in [9.17, 15) is 4.79 Å². The quantitative estimate of drug-likeness (QED) is 0.589. The molecule has 144 valence electrons. The number of carbonyl (C=O) groups is 1. The van der Waals surface area contributed by atoms with E-state index in [1.165, 1.54) is 0 Å². The molecule has 27 heavy (non-hydrogen) atoms. The van der Waals surface area contributed by atoms with Gasteiger partial charge in [0.15, 0.2) is 4.80 Å². The second-order valence-corrected chi connectivity index (χ2v) is 6.96. The number of carbonyl (C=O) groups excluding carboxylic acids is 1. The summed E-state index contributed by atoms with van der Waals surface area (Å²) in [6.07, 6.45) is 2.15. The Morgan fingerprint density at radius 2 is 1.93 bits per heavy atom. The highest BCUT2D eigenvalue weighted by Crippen LogP contribution is 2.18. The molecule has 5 nitrogen and oxygen atoms in total. The molecule has 0 aliphatic carbocycles. The van der Waals surface area contributed by atoms with Crippen LogP contribution >= 0.6 is 23.7 Å². The first kappa shape index (κ1) is 21.0. The van der Waals surface area contributed by atoms with Gasteiger partial charge < -0.3 is 14.6 Å². The number of hydrogen-bond donors (Lipinski definition) is 1. The fourth-order valence-corrected chi connectivity index (χ4v) is 3.70. The van der Waals surface area contributed by atoms with Crippen LogP contribution in [-0.4, -0.2) is 24.1 Å². The molecule has 0 saturated heterocycles. The zero-order valence-corrected chi connectivity index (χ0v) is 17.1. The zero-order valence-electron chi connectivity index (χ0n) is 15.5. The SMILES string of the molecule is CCCCN=c1sc2ccccc2n1CC(=O)Nc1ccc(OC)cc1.Cl. The number of nitrogens with zero attached hydrogens (tertiary/aromatic N) is 2. The summed E-state index contributed by atoms with van der Waals surface area (Å²) in [4.78, 5) is 18.2. The number of amides is 1. The maximum absolute atomic E-state index is 12.6. The van der Waals surface area contributed by atoms with Crippen LogP contribution in [0.1, 0.15) is 19.8 Å². The van der Waals surface area contributed by atoms with Crippen LogP contribution < -0.4 is 14.9 Å². The summed E-state index contributed by atoms with van der Waals surface area (Å²) in [5.41, 5.74) is 1.79. The molecule has 0 fully saturated rings. The van der Waals surface area contributed by atoms with Gasteiger partial charge in [0, 0.05) is 12.2 Å². The van der Waals surface area contributed by atoms with E-state index in [1.807, 2.05) is 47.0 Å². The van der Waals surface area contributed by atoms with Crippen LogP contribution in [-0.2, 0) is 11.3 Å². The molecule has 0 atom stereocenters. The van der Waals surface area contributed by atoms with Crippen molar-refractivity contribution < 1.29 is 9.53 Å². The van der Waals surface area contributed by atoms with Gasteiger partial charge in [-0.25, -0.2) is 0 Å². The van der Waals surface area contributed by atoms with Crippen molar-refractivity contribution in [3.05, 3.63) is 53.3 Å². The number of nitrogens with one attached hydrogen (secondary N) is 1. The van der Waals surface area contributed by atoms with Gasteiger partial charge in [-0.15, -0.1) is 12.4 Å². The summed E-state index contributed by atoms with van der Waals surface area (Å²) in [5.74, 6) is 0.689. The second-order valence-electron chi connectivity index (χ2n) is 5.95. The normalized spacial score (nSPS) is 11.3. The Bertz CT molecular complexity index is 948. The van der Waals surface area contributed by atoms with E-state index in [4.69, 9.17) is 9.73 Å². The minimum Gasteiger partial charge on any atom is -0.497 e. The van der Waals surface area contributed by atoms with Crippen molar-refractivity contribution in [1.29, 1.82) is 0 Å². The zero-order chi connectivity index (χ0) is 18.4. The smallest absolute Gasteiger partial charge is 0.244 e. The van der Waals surface area contributed by atoms with E-state index >= 15 is 0 Å². The second kappa shape index (κ2) is 10.1. The Balaban J connectivity index is 0.00000261. The van der Waals surface area contributed by atoms with Crippen molar-refractivity contribution >= 4 is 45.6 Å². The first-order valence-corrected chi connectivity index (χ1v) is 9.55. The topological polar surface area (TPSA) is 55.6 Å². The molecular formula is C20H24ClN3O2S. The number of ether oxygens (including phenoxy) is 1. The molecule has 1 amide bonds. The molecule has 1 N–H and O–H groups in total. The van der Waals surface area contributed by atoms with Gasteiger partial charge in [0.1, 0.15) is 12.3 Å². The largest absolute Gasteiger partial charge is 0.497 e. The predicted octanol–water partition coefficient (Wildman–Crippen LogP) is 4.47. The summed E-state index contributed by atoms with van der Waals surface area (Å²) >= 11 is 1.63. The van der Waals surface area contributed by atoms with Gasteiger partial charge in [-0.2, -0.15) is 0 Å². The van der Waals surface area contributed by atoms with Gasteiger partial charge >= 0.3 is 0 Å². The van der Waals surface area contributed by atoms with Crippen LogP contribution in [0.25, 0.3) is 10.2 Å². The average Bonchev–Trinajstić information content (AvgIpc) is 3.00. The van der Waals surface area contributed by atoms with E-state index in [0.717, 1.165) is 45.8 Å². The lowest BCUT2D eigenvalue weighted by atomic mass is 10.3. The van der Waals surface area contributed by atoms with Gasteiger partial charge in [-0.3, -0.25) is 9.79 Å². The molecule has 0 bridgehead atoms. The molecule has 1 heterocycles. The van der Waals surface area contributed by atoms with E-state index in [0.29, 0.717) is 0 Å². The molecule has 0 unspecified atom stereocenters. The lowest BCUT2D eigenvalue weighted by Gasteiger charge is -2.08. The number of hydrogen-bond acceptors (Lipinski definition) is 4. The molecular weight excluding hydrogens is 382 g/mol. The number of unbranched alkanes of at least 4 members (excludes halogenated alkanes) is 1. The summed E-state index contributed by atoms with van der Waals surface area (Å²) in [7, 11) is 1.62.